The van der Waals surface area contributed by atoms with Crippen LogP contribution in [0, 0.1) is 0 Å². The molecule has 1 atom stereocenters. The minimum absolute atomic E-state index is 0.175. The Morgan fingerprint density at radius 1 is 1.36 bits per heavy atom. The summed E-state index contributed by atoms with van der Waals surface area (Å²) in [5, 5.41) is 18.9. The summed E-state index contributed by atoms with van der Waals surface area (Å²) in [6.07, 6.45) is 0. The number of aromatic carboxylic acids is 1. The van der Waals surface area contributed by atoms with Gasteiger partial charge in [0.05, 0.1) is 12.2 Å². The van der Waals surface area contributed by atoms with E-state index in [-0.39, 0.29) is 18.1 Å². The number of hydrogen-bond donors (Lipinski definition) is 2. The summed E-state index contributed by atoms with van der Waals surface area (Å²) in [6, 6.07) is 4.17. The van der Waals surface area contributed by atoms with Gasteiger partial charge >= 0.3 is 5.97 Å². The van der Waals surface area contributed by atoms with Gasteiger partial charge in [0.15, 0.2) is 0 Å². The molecule has 1 aliphatic rings. The Labute approximate surface area is 130 Å². The van der Waals surface area contributed by atoms with Gasteiger partial charge in [-0.25, -0.2) is 4.79 Å². The predicted octanol–water partition coefficient (Wildman–Crippen LogP) is 1.32. The van der Waals surface area contributed by atoms with Crippen LogP contribution in [0.25, 0.3) is 0 Å². The number of nitrogens with zero attached hydrogens (tertiary/aromatic N) is 2. The summed E-state index contributed by atoms with van der Waals surface area (Å²) in [7, 11) is 1.66. The average Bonchev–Trinajstić information content (AvgIpc) is 2.52. The van der Waals surface area contributed by atoms with Crippen molar-refractivity contribution in [3.8, 4) is 0 Å². The highest BCUT2D eigenvalue weighted by Gasteiger charge is 2.38. The highest BCUT2D eigenvalue weighted by atomic mass is 16.4. The Bertz CT molecular complexity index is 607. The molecule has 2 N–H and O–H groups in total. The molecule has 6 heteroatoms. The third-order valence-corrected chi connectivity index (χ3v) is 3.86. The van der Waals surface area contributed by atoms with E-state index in [2.05, 4.69) is 0 Å². The van der Waals surface area contributed by atoms with E-state index in [1.54, 1.807) is 19.2 Å². The van der Waals surface area contributed by atoms with Crippen LogP contribution in [0.3, 0.4) is 0 Å². The number of rotatable bonds is 2. The van der Waals surface area contributed by atoms with Crippen molar-refractivity contribution in [3.05, 3.63) is 29.3 Å². The number of aliphatic hydroxyl groups is 1. The molecule has 22 heavy (non-hydrogen) atoms. The van der Waals surface area contributed by atoms with Gasteiger partial charge in [-0.15, -0.1) is 0 Å². The smallest absolute Gasteiger partial charge is 0.335 e. The van der Waals surface area contributed by atoms with E-state index in [0.717, 1.165) is 11.3 Å². The maximum atomic E-state index is 12.5. The monoisotopic (exact) mass is 306 g/mol. The Morgan fingerprint density at radius 2 is 2.00 bits per heavy atom. The number of hydrogen-bond acceptors (Lipinski definition) is 4. The lowest BCUT2D eigenvalue weighted by Crippen LogP contribution is -2.55. The first-order chi connectivity index (χ1) is 10.2. The molecule has 1 aliphatic heterocycles. The van der Waals surface area contributed by atoms with Crippen LogP contribution in [-0.4, -0.2) is 52.2 Å². The summed E-state index contributed by atoms with van der Waals surface area (Å²) in [4.78, 5) is 27.1. The number of anilines is 1. The molecule has 120 valence electrons. The zero-order valence-corrected chi connectivity index (χ0v) is 13.3. The number of carbonyl (C=O) groups is 2. The number of aliphatic hydroxyl groups excluding tert-OH is 1. The lowest BCUT2D eigenvalue weighted by Gasteiger charge is -2.42. The van der Waals surface area contributed by atoms with Crippen molar-refractivity contribution >= 4 is 17.6 Å². The van der Waals surface area contributed by atoms with Gasteiger partial charge in [0.2, 0.25) is 5.91 Å². The van der Waals surface area contributed by atoms with Gasteiger partial charge in [0, 0.05) is 24.8 Å². The molecular weight excluding hydrogens is 284 g/mol. The molecule has 0 radical (unpaired) electrons. The zero-order chi connectivity index (χ0) is 16.7. The van der Waals surface area contributed by atoms with Crippen molar-refractivity contribution in [3.63, 3.8) is 0 Å². The molecule has 1 amide bonds. The van der Waals surface area contributed by atoms with Crippen LogP contribution < -0.4 is 4.90 Å². The molecule has 6 nitrogen and oxygen atoms in total. The first kappa shape index (κ1) is 16.3. The van der Waals surface area contributed by atoms with Gasteiger partial charge in [0.25, 0.3) is 0 Å². The summed E-state index contributed by atoms with van der Waals surface area (Å²) < 4.78 is 0. The Morgan fingerprint density at radius 3 is 2.50 bits per heavy atom. The van der Waals surface area contributed by atoms with Gasteiger partial charge in [-0.2, -0.15) is 0 Å². The standard InChI is InChI=1S/C16H22N2O4/c1-16(2,3)18-12-6-5-10(15(21)22)7-11(12)8-17(4)14(20)13(18)9-19/h5-7,13,19H,8-9H2,1-4H3,(H,21,22)/t13-/m1/s1. The molecule has 2 rings (SSSR count). The summed E-state index contributed by atoms with van der Waals surface area (Å²) >= 11 is 0. The predicted molar refractivity (Wildman–Crippen MR) is 83.0 cm³/mol. The van der Waals surface area contributed by atoms with Crippen LogP contribution in [0.15, 0.2) is 18.2 Å². The minimum atomic E-state index is -0.998. The molecule has 0 bridgehead atoms. The highest BCUT2D eigenvalue weighted by molar-refractivity contribution is 5.91. The van der Waals surface area contributed by atoms with Gasteiger partial charge in [-0.3, -0.25) is 4.79 Å². The van der Waals surface area contributed by atoms with E-state index in [1.807, 2.05) is 25.7 Å². The molecule has 0 aromatic heterocycles. The fourth-order valence-corrected chi connectivity index (χ4v) is 2.93. The third-order valence-electron chi connectivity index (χ3n) is 3.86. The molecule has 0 unspecified atom stereocenters. The number of likely N-dealkylation sites (N-methyl/N-ethyl adjacent to an activating group) is 1. The topological polar surface area (TPSA) is 81.1 Å². The van der Waals surface area contributed by atoms with Crippen molar-refractivity contribution in [1.29, 1.82) is 0 Å². The van der Waals surface area contributed by atoms with E-state index < -0.39 is 17.6 Å². The molecule has 1 heterocycles. The van der Waals surface area contributed by atoms with E-state index in [4.69, 9.17) is 5.11 Å². The Hall–Kier alpha value is -2.08. The molecule has 0 fully saturated rings. The Balaban J connectivity index is 2.66. The van der Waals surface area contributed by atoms with Crippen LogP contribution in [0.2, 0.25) is 0 Å². The van der Waals surface area contributed by atoms with Gasteiger partial charge in [0.1, 0.15) is 6.04 Å². The van der Waals surface area contributed by atoms with Gasteiger partial charge in [-0.1, -0.05) is 0 Å². The van der Waals surface area contributed by atoms with E-state index >= 15 is 0 Å². The van der Waals surface area contributed by atoms with Crippen LogP contribution >= 0.6 is 0 Å². The fourth-order valence-electron chi connectivity index (χ4n) is 2.93. The number of benzene rings is 1. The highest BCUT2D eigenvalue weighted by Crippen LogP contribution is 2.34. The molecule has 0 saturated heterocycles. The largest absolute Gasteiger partial charge is 0.478 e. The van der Waals surface area contributed by atoms with Crippen molar-refractivity contribution in [2.45, 2.75) is 38.9 Å². The van der Waals surface area contributed by atoms with E-state index in [1.165, 1.54) is 11.0 Å². The maximum Gasteiger partial charge on any atom is 0.335 e. The van der Waals surface area contributed by atoms with Crippen LogP contribution in [0.5, 0.6) is 0 Å². The maximum absolute atomic E-state index is 12.5. The molecular formula is C16H22N2O4. The SMILES string of the molecule is CN1Cc2cc(C(=O)O)ccc2N(C(C)(C)C)[C@H](CO)C1=O. The fraction of sp³-hybridized carbons (Fsp3) is 0.500. The second-order valence-corrected chi connectivity index (χ2v) is 6.58. The quantitative estimate of drug-likeness (QED) is 0.861. The van der Waals surface area contributed by atoms with Crippen molar-refractivity contribution in [2.75, 3.05) is 18.6 Å². The van der Waals surface area contributed by atoms with E-state index in [0.29, 0.717) is 6.54 Å². The van der Waals surface area contributed by atoms with Gasteiger partial charge < -0.3 is 20.0 Å². The van der Waals surface area contributed by atoms with Gasteiger partial charge in [-0.05, 0) is 44.5 Å². The number of carboxylic acids is 1. The lowest BCUT2D eigenvalue weighted by atomic mass is 9.99. The van der Waals surface area contributed by atoms with Crippen molar-refractivity contribution < 1.29 is 19.8 Å². The van der Waals surface area contributed by atoms with Crippen LogP contribution in [0.4, 0.5) is 5.69 Å². The minimum Gasteiger partial charge on any atom is -0.478 e. The third kappa shape index (κ3) is 2.78. The normalized spacial score (nSPS) is 19.0. The summed E-state index contributed by atoms with van der Waals surface area (Å²) in [5.41, 5.74) is 1.35. The van der Waals surface area contributed by atoms with Crippen molar-refractivity contribution in [2.24, 2.45) is 0 Å². The molecule has 0 spiro atoms. The summed E-state index contributed by atoms with van der Waals surface area (Å²) in [6.45, 7) is 5.91. The Kier molecular flexibility index (Phi) is 4.15. The lowest BCUT2D eigenvalue weighted by molar-refractivity contribution is -0.132. The number of carbonyl (C=O) groups excluding carboxylic acids is 1. The second-order valence-electron chi connectivity index (χ2n) is 6.58. The molecule has 0 aliphatic carbocycles. The van der Waals surface area contributed by atoms with Crippen molar-refractivity contribution in [1.82, 2.24) is 4.90 Å². The number of amides is 1. The summed E-state index contributed by atoms with van der Waals surface area (Å²) in [5.74, 6) is -1.17. The van der Waals surface area contributed by atoms with Crippen LogP contribution in [-0.2, 0) is 11.3 Å². The molecule has 0 saturated carbocycles. The zero-order valence-electron chi connectivity index (χ0n) is 13.3. The van der Waals surface area contributed by atoms with E-state index in [9.17, 15) is 14.7 Å². The first-order valence-corrected chi connectivity index (χ1v) is 7.18. The first-order valence-electron chi connectivity index (χ1n) is 7.18. The van der Waals surface area contributed by atoms with Crippen LogP contribution in [0.1, 0.15) is 36.7 Å². The number of carboxylic acid groups (broad SMARTS) is 1. The number of fused-ring (bicyclic) bond motifs is 1. The molecule has 1 aromatic rings. The average molecular weight is 306 g/mol. The second kappa shape index (κ2) is 5.61. The molecule has 1 aromatic carbocycles.